The van der Waals surface area contributed by atoms with Crippen LogP contribution >= 0.6 is 0 Å². The van der Waals surface area contributed by atoms with Crippen molar-refractivity contribution in [2.75, 3.05) is 0 Å². The molecule has 0 unspecified atom stereocenters. The Bertz CT molecular complexity index is 3010. The summed E-state index contributed by atoms with van der Waals surface area (Å²) in [5.41, 5.74) is 11.4. The van der Waals surface area contributed by atoms with E-state index in [9.17, 15) is 4.79 Å². The Labute approximate surface area is 289 Å². The van der Waals surface area contributed by atoms with Crippen molar-refractivity contribution in [2.24, 2.45) is 0 Å². The lowest BCUT2D eigenvalue weighted by Gasteiger charge is -2.21. The number of ketones is 1. The van der Waals surface area contributed by atoms with Crippen LogP contribution < -0.4 is 0 Å². The van der Waals surface area contributed by atoms with E-state index in [-0.39, 0.29) is 5.78 Å². The molecular weight excluding hydrogens is 605 g/mol. The number of carbonyl (C=O) groups excluding carboxylic acids is 1. The van der Waals surface area contributed by atoms with Crippen LogP contribution in [0.15, 0.2) is 170 Å². The first-order chi connectivity index (χ1) is 24.7. The zero-order chi connectivity index (χ0) is 32.9. The molecule has 0 bridgehead atoms. The number of rotatable bonds is 4. The molecule has 1 heteroatoms. The van der Waals surface area contributed by atoms with E-state index in [1.165, 1.54) is 87.6 Å². The Balaban J connectivity index is 1.35. The van der Waals surface area contributed by atoms with Gasteiger partial charge in [0.15, 0.2) is 5.78 Å². The van der Waals surface area contributed by atoms with Gasteiger partial charge in [0.1, 0.15) is 0 Å². The molecule has 0 amide bonds. The van der Waals surface area contributed by atoms with Gasteiger partial charge in [0, 0.05) is 11.1 Å². The van der Waals surface area contributed by atoms with Gasteiger partial charge in [-0.3, -0.25) is 4.79 Å². The van der Waals surface area contributed by atoms with E-state index in [0.717, 1.165) is 10.8 Å². The fraction of sp³-hybridized carbons (Fsp3) is 0. The first kappa shape index (κ1) is 27.4. The molecule has 1 aliphatic rings. The second kappa shape index (κ2) is 10.2. The Morgan fingerprint density at radius 1 is 0.320 bits per heavy atom. The van der Waals surface area contributed by atoms with Crippen LogP contribution in [0.5, 0.6) is 0 Å². The molecule has 1 aliphatic carbocycles. The van der Waals surface area contributed by atoms with Gasteiger partial charge in [-0.2, -0.15) is 0 Å². The van der Waals surface area contributed by atoms with Crippen molar-refractivity contribution in [1.29, 1.82) is 0 Å². The Hall–Kier alpha value is -6.57. The molecular formula is C49H28O. The Morgan fingerprint density at radius 3 is 1.48 bits per heavy atom. The third-order valence-corrected chi connectivity index (χ3v) is 10.8. The minimum absolute atomic E-state index is 0.0443. The molecule has 50 heavy (non-hydrogen) atoms. The van der Waals surface area contributed by atoms with E-state index < -0.39 is 0 Å². The van der Waals surface area contributed by atoms with Gasteiger partial charge in [-0.05, 0) is 129 Å². The van der Waals surface area contributed by atoms with Crippen molar-refractivity contribution in [1.82, 2.24) is 0 Å². The summed E-state index contributed by atoms with van der Waals surface area (Å²) in [6, 6.07) is 60.5. The summed E-state index contributed by atoms with van der Waals surface area (Å²) in [7, 11) is 0. The molecule has 10 aromatic rings. The summed E-state index contributed by atoms with van der Waals surface area (Å²) in [5.74, 6) is 0.0443. The summed E-state index contributed by atoms with van der Waals surface area (Å²) < 4.78 is 0. The molecule has 10 aromatic carbocycles. The second-order valence-electron chi connectivity index (χ2n) is 13.5. The van der Waals surface area contributed by atoms with Crippen LogP contribution in [0.2, 0.25) is 0 Å². The van der Waals surface area contributed by atoms with E-state index in [0.29, 0.717) is 11.1 Å². The van der Waals surface area contributed by atoms with Crippen LogP contribution in [0, 0.1) is 0 Å². The predicted octanol–water partition coefficient (Wildman–Crippen LogP) is 13.1. The fourth-order valence-corrected chi connectivity index (χ4v) is 8.75. The quantitative estimate of drug-likeness (QED) is 0.107. The lowest BCUT2D eigenvalue weighted by Crippen LogP contribution is -2.01. The molecule has 1 nitrogen and oxygen atoms in total. The van der Waals surface area contributed by atoms with Gasteiger partial charge in [0.2, 0.25) is 0 Å². The van der Waals surface area contributed by atoms with Gasteiger partial charge in [0.25, 0.3) is 0 Å². The average Bonchev–Trinajstić information content (AvgIpc) is 3.50. The number of carbonyl (C=O) groups is 1. The Kier molecular flexibility index (Phi) is 5.60. The van der Waals surface area contributed by atoms with Crippen molar-refractivity contribution in [3.63, 3.8) is 0 Å². The Morgan fingerprint density at radius 2 is 0.840 bits per heavy atom. The molecule has 0 radical (unpaired) electrons. The molecule has 0 saturated heterocycles. The summed E-state index contributed by atoms with van der Waals surface area (Å²) in [4.78, 5) is 13.9. The molecule has 0 spiro atoms. The molecule has 11 rings (SSSR count). The highest BCUT2D eigenvalue weighted by molar-refractivity contribution is 6.36. The number of benzene rings is 10. The second-order valence-corrected chi connectivity index (χ2v) is 13.5. The van der Waals surface area contributed by atoms with Crippen molar-refractivity contribution >= 4 is 59.6 Å². The van der Waals surface area contributed by atoms with Gasteiger partial charge in [0.05, 0.1) is 0 Å². The van der Waals surface area contributed by atoms with Crippen LogP contribution in [-0.2, 0) is 0 Å². The van der Waals surface area contributed by atoms with E-state index >= 15 is 0 Å². The topological polar surface area (TPSA) is 17.1 Å². The van der Waals surface area contributed by atoms with Gasteiger partial charge in [-0.1, -0.05) is 140 Å². The maximum atomic E-state index is 13.9. The molecule has 0 aliphatic heterocycles. The van der Waals surface area contributed by atoms with Crippen molar-refractivity contribution in [2.45, 2.75) is 0 Å². The van der Waals surface area contributed by atoms with Crippen LogP contribution in [0.25, 0.3) is 98.4 Å². The zero-order valence-corrected chi connectivity index (χ0v) is 27.1. The van der Waals surface area contributed by atoms with E-state index in [1.54, 1.807) is 0 Å². The highest BCUT2D eigenvalue weighted by Crippen LogP contribution is 2.59. The summed E-state index contributed by atoms with van der Waals surface area (Å²) in [6.07, 6.45) is 0. The molecule has 0 N–H and O–H groups in total. The maximum absolute atomic E-state index is 13.9. The standard InChI is InChI=1S/C49H28O/c50-49(32-16-8-3-9-17-32)37-24-35-21-20-31-22-23-38-46-41(28-36(25-37)42(35)45(31)46)48-44(30-14-6-2-7-15-30)40-27-34-19-11-10-18-33(34)26-39(40)43(47(38)48)29-12-4-1-5-13-29/h1-28H. The van der Waals surface area contributed by atoms with Gasteiger partial charge in [-0.25, -0.2) is 0 Å². The van der Waals surface area contributed by atoms with E-state index in [4.69, 9.17) is 0 Å². The predicted molar refractivity (Wildman–Crippen MR) is 210 cm³/mol. The molecule has 0 fully saturated rings. The molecule has 0 atom stereocenters. The number of fused-ring (bicyclic) bond motifs is 5. The molecule has 0 aromatic heterocycles. The van der Waals surface area contributed by atoms with Crippen LogP contribution in [0.3, 0.4) is 0 Å². The maximum Gasteiger partial charge on any atom is 0.193 e. The van der Waals surface area contributed by atoms with Crippen LogP contribution in [0.4, 0.5) is 0 Å². The largest absolute Gasteiger partial charge is 0.289 e. The summed E-state index contributed by atoms with van der Waals surface area (Å²) >= 11 is 0. The van der Waals surface area contributed by atoms with Gasteiger partial charge < -0.3 is 0 Å². The van der Waals surface area contributed by atoms with Gasteiger partial charge >= 0.3 is 0 Å². The summed E-state index contributed by atoms with van der Waals surface area (Å²) in [6.45, 7) is 0. The average molecular weight is 633 g/mol. The number of hydrogen-bond donors (Lipinski definition) is 0. The zero-order valence-electron chi connectivity index (χ0n) is 27.1. The monoisotopic (exact) mass is 632 g/mol. The molecule has 0 heterocycles. The highest BCUT2D eigenvalue weighted by Gasteiger charge is 2.32. The smallest absolute Gasteiger partial charge is 0.193 e. The van der Waals surface area contributed by atoms with E-state index in [2.05, 4.69) is 140 Å². The van der Waals surface area contributed by atoms with Gasteiger partial charge in [-0.15, -0.1) is 0 Å². The minimum atomic E-state index is 0.0443. The third-order valence-electron chi connectivity index (χ3n) is 10.8. The van der Waals surface area contributed by atoms with Crippen molar-refractivity contribution < 1.29 is 4.79 Å². The van der Waals surface area contributed by atoms with Crippen LogP contribution in [-0.4, -0.2) is 5.78 Å². The normalized spacial score (nSPS) is 12.1. The fourth-order valence-electron chi connectivity index (χ4n) is 8.75. The highest BCUT2D eigenvalue weighted by atomic mass is 16.1. The SMILES string of the molecule is O=C(c1ccccc1)c1cc2ccc3ccc4c5c(cc(c1)c2c35)-c1c-4c(-c2ccccc2)c2cc3ccccc3cc2c1-c1ccccc1. The molecule has 0 saturated carbocycles. The van der Waals surface area contributed by atoms with Crippen molar-refractivity contribution in [3.8, 4) is 44.5 Å². The molecule has 230 valence electrons. The first-order valence-corrected chi connectivity index (χ1v) is 17.2. The lowest BCUT2D eigenvalue weighted by atomic mass is 9.81. The lowest BCUT2D eigenvalue weighted by molar-refractivity contribution is 0.103. The number of hydrogen-bond acceptors (Lipinski definition) is 1. The third kappa shape index (κ3) is 3.75. The first-order valence-electron chi connectivity index (χ1n) is 17.2. The van der Waals surface area contributed by atoms with Crippen molar-refractivity contribution in [3.05, 3.63) is 181 Å². The van der Waals surface area contributed by atoms with E-state index in [1.807, 2.05) is 30.3 Å². The van der Waals surface area contributed by atoms with Crippen LogP contribution in [0.1, 0.15) is 15.9 Å². The summed E-state index contributed by atoms with van der Waals surface area (Å²) in [5, 5.41) is 12.2. The minimum Gasteiger partial charge on any atom is -0.289 e.